The van der Waals surface area contributed by atoms with Gasteiger partial charge < -0.3 is 5.11 Å². The molecule has 1 heterocycles. The number of aromatic nitrogens is 1. The Balaban J connectivity index is 1.96. The molecule has 0 unspecified atom stereocenters. The van der Waals surface area contributed by atoms with Gasteiger partial charge in [0.25, 0.3) is 0 Å². The van der Waals surface area contributed by atoms with Crippen LogP contribution in [0.2, 0.25) is 0 Å². The first-order valence-corrected chi connectivity index (χ1v) is 6.09. The molecule has 1 aromatic carbocycles. The largest absolute Gasteiger partial charge is 0.508 e. The highest BCUT2D eigenvalue weighted by Crippen LogP contribution is 2.18. The van der Waals surface area contributed by atoms with Gasteiger partial charge in [-0.25, -0.2) is 0 Å². The van der Waals surface area contributed by atoms with E-state index in [-0.39, 0.29) is 11.5 Å². The molecule has 0 fully saturated rings. The second-order valence-electron chi connectivity index (χ2n) is 3.44. The van der Waals surface area contributed by atoms with Crippen LogP contribution in [0.25, 0.3) is 0 Å². The third kappa shape index (κ3) is 3.32. The van der Waals surface area contributed by atoms with Gasteiger partial charge in [0, 0.05) is 22.9 Å². The smallest absolute Gasteiger partial charge is 0.173 e. The van der Waals surface area contributed by atoms with Crippen molar-refractivity contribution in [2.45, 2.75) is 4.90 Å². The number of rotatable bonds is 4. The summed E-state index contributed by atoms with van der Waals surface area (Å²) < 4.78 is 0. The number of benzene rings is 1. The van der Waals surface area contributed by atoms with Crippen molar-refractivity contribution in [3.8, 4) is 5.75 Å². The van der Waals surface area contributed by atoms with Crippen LogP contribution in [-0.2, 0) is 0 Å². The highest BCUT2D eigenvalue weighted by molar-refractivity contribution is 8.00. The average molecular weight is 245 g/mol. The highest BCUT2D eigenvalue weighted by Gasteiger charge is 2.06. The van der Waals surface area contributed by atoms with Crippen molar-refractivity contribution < 1.29 is 9.90 Å². The van der Waals surface area contributed by atoms with Crippen molar-refractivity contribution in [1.29, 1.82) is 0 Å². The van der Waals surface area contributed by atoms with Crippen molar-refractivity contribution in [2.75, 3.05) is 5.75 Å². The quantitative estimate of drug-likeness (QED) is 0.664. The average Bonchev–Trinajstić information content (AvgIpc) is 2.38. The van der Waals surface area contributed by atoms with E-state index in [4.69, 9.17) is 5.11 Å². The molecule has 0 atom stereocenters. The molecule has 1 N–H and O–H groups in total. The first-order chi connectivity index (χ1) is 8.25. The molecule has 0 spiro atoms. The third-order valence-corrected chi connectivity index (χ3v) is 3.22. The van der Waals surface area contributed by atoms with E-state index in [0.717, 1.165) is 4.90 Å². The number of Topliss-reactive ketones (excluding diaryl/α,β-unsaturated/α-hetero) is 1. The molecule has 3 nitrogen and oxygen atoms in total. The minimum Gasteiger partial charge on any atom is -0.508 e. The van der Waals surface area contributed by atoms with Crippen LogP contribution < -0.4 is 0 Å². The minimum absolute atomic E-state index is 0.0480. The predicted molar refractivity (Wildman–Crippen MR) is 67.4 cm³/mol. The van der Waals surface area contributed by atoms with Crippen molar-refractivity contribution in [2.24, 2.45) is 0 Å². The number of ketones is 1. The van der Waals surface area contributed by atoms with Crippen LogP contribution >= 0.6 is 11.8 Å². The van der Waals surface area contributed by atoms with Gasteiger partial charge >= 0.3 is 0 Å². The summed E-state index contributed by atoms with van der Waals surface area (Å²) in [6.45, 7) is 0. The Kier molecular flexibility index (Phi) is 3.77. The van der Waals surface area contributed by atoms with E-state index in [2.05, 4.69) is 4.98 Å². The minimum atomic E-state index is 0.0480. The van der Waals surface area contributed by atoms with Crippen LogP contribution in [0.1, 0.15) is 10.4 Å². The molecular formula is C13H11NO2S. The van der Waals surface area contributed by atoms with E-state index >= 15 is 0 Å². The molecule has 0 bridgehead atoms. The number of aromatic hydroxyl groups is 1. The number of nitrogens with zero attached hydrogens (tertiary/aromatic N) is 1. The van der Waals surface area contributed by atoms with Crippen molar-refractivity contribution in [3.63, 3.8) is 0 Å². The van der Waals surface area contributed by atoms with E-state index in [1.807, 2.05) is 12.1 Å². The molecule has 86 valence electrons. The van der Waals surface area contributed by atoms with Crippen molar-refractivity contribution in [1.82, 2.24) is 4.98 Å². The predicted octanol–water partition coefficient (Wildman–Crippen LogP) is 2.76. The molecule has 0 saturated carbocycles. The van der Waals surface area contributed by atoms with Crippen molar-refractivity contribution >= 4 is 17.5 Å². The van der Waals surface area contributed by atoms with E-state index < -0.39 is 0 Å². The lowest BCUT2D eigenvalue weighted by Crippen LogP contribution is -2.01. The maximum Gasteiger partial charge on any atom is 0.173 e. The number of hydrogen-bond donors (Lipinski definition) is 1. The molecule has 1 aromatic heterocycles. The zero-order chi connectivity index (χ0) is 12.1. The normalized spacial score (nSPS) is 10.1. The topological polar surface area (TPSA) is 50.2 Å². The molecule has 0 aliphatic rings. The van der Waals surface area contributed by atoms with Gasteiger partial charge in [-0.15, -0.1) is 11.8 Å². The van der Waals surface area contributed by atoms with E-state index in [9.17, 15) is 4.79 Å². The molecule has 2 aromatic rings. The second kappa shape index (κ2) is 5.50. The maximum absolute atomic E-state index is 11.8. The number of phenols is 1. The van der Waals surface area contributed by atoms with E-state index in [1.54, 1.807) is 24.5 Å². The summed E-state index contributed by atoms with van der Waals surface area (Å²) in [7, 11) is 0. The molecule has 0 amide bonds. The number of hydrogen-bond acceptors (Lipinski definition) is 4. The molecular weight excluding hydrogens is 234 g/mol. The molecule has 17 heavy (non-hydrogen) atoms. The molecule has 0 aliphatic heterocycles. The fourth-order valence-electron chi connectivity index (χ4n) is 1.31. The Labute approximate surface area is 104 Å². The Morgan fingerprint density at radius 3 is 2.41 bits per heavy atom. The summed E-state index contributed by atoms with van der Waals surface area (Å²) in [6, 6.07) is 10.0. The van der Waals surface area contributed by atoms with E-state index in [1.165, 1.54) is 23.9 Å². The summed E-state index contributed by atoms with van der Waals surface area (Å²) in [5, 5.41) is 9.12. The number of carbonyl (C=O) groups excluding carboxylic acids is 1. The van der Waals surface area contributed by atoms with Crippen LogP contribution in [0.5, 0.6) is 5.75 Å². The van der Waals surface area contributed by atoms with Gasteiger partial charge in [-0.05, 0) is 36.4 Å². The Hall–Kier alpha value is -1.81. The fourth-order valence-corrected chi connectivity index (χ4v) is 2.09. The highest BCUT2D eigenvalue weighted by atomic mass is 32.2. The van der Waals surface area contributed by atoms with E-state index in [0.29, 0.717) is 11.3 Å². The van der Waals surface area contributed by atoms with Gasteiger partial charge in [0.15, 0.2) is 5.78 Å². The summed E-state index contributed by atoms with van der Waals surface area (Å²) in [5.74, 6) is 0.601. The number of pyridine rings is 1. The Bertz CT molecular complexity index is 497. The Morgan fingerprint density at radius 2 is 1.76 bits per heavy atom. The Morgan fingerprint density at radius 1 is 1.12 bits per heavy atom. The fraction of sp³-hybridized carbons (Fsp3) is 0.0769. The summed E-state index contributed by atoms with van der Waals surface area (Å²) in [5.41, 5.74) is 0.615. The summed E-state index contributed by atoms with van der Waals surface area (Å²) in [6.07, 6.45) is 3.40. The molecule has 4 heteroatoms. The summed E-state index contributed by atoms with van der Waals surface area (Å²) in [4.78, 5) is 16.7. The lowest BCUT2D eigenvalue weighted by molar-refractivity contribution is 0.102. The summed E-state index contributed by atoms with van der Waals surface area (Å²) >= 11 is 1.48. The van der Waals surface area contributed by atoms with Crippen LogP contribution in [0.3, 0.4) is 0 Å². The molecule has 2 rings (SSSR count). The third-order valence-electron chi connectivity index (χ3n) is 2.21. The van der Waals surface area contributed by atoms with Crippen LogP contribution in [0.4, 0.5) is 0 Å². The van der Waals surface area contributed by atoms with Gasteiger partial charge in [0.1, 0.15) is 5.75 Å². The zero-order valence-corrected chi connectivity index (χ0v) is 9.85. The van der Waals surface area contributed by atoms with Gasteiger partial charge in [-0.3, -0.25) is 9.78 Å². The van der Waals surface area contributed by atoms with Gasteiger partial charge in [0.05, 0.1) is 5.75 Å². The first-order valence-electron chi connectivity index (χ1n) is 5.11. The molecule has 0 saturated heterocycles. The van der Waals surface area contributed by atoms with Gasteiger partial charge in [-0.1, -0.05) is 0 Å². The maximum atomic E-state index is 11.8. The standard InChI is InChI=1S/C13H11NO2S/c15-11-3-1-10(2-4-11)13(16)9-17-12-5-7-14-8-6-12/h1-8,15H,9H2. The van der Waals surface area contributed by atoms with Crippen LogP contribution in [0, 0.1) is 0 Å². The first kappa shape index (κ1) is 11.7. The van der Waals surface area contributed by atoms with Crippen LogP contribution in [-0.4, -0.2) is 21.6 Å². The number of carbonyl (C=O) groups is 1. The second-order valence-corrected chi connectivity index (χ2v) is 4.49. The molecule has 0 radical (unpaired) electrons. The molecule has 0 aliphatic carbocycles. The lowest BCUT2D eigenvalue weighted by Gasteiger charge is -2.01. The lowest BCUT2D eigenvalue weighted by atomic mass is 10.1. The monoisotopic (exact) mass is 245 g/mol. The number of thioether (sulfide) groups is 1. The van der Waals surface area contributed by atoms with Crippen molar-refractivity contribution in [3.05, 3.63) is 54.4 Å². The zero-order valence-electron chi connectivity index (χ0n) is 9.04. The van der Waals surface area contributed by atoms with Gasteiger partial charge in [0.2, 0.25) is 0 Å². The SMILES string of the molecule is O=C(CSc1ccncc1)c1ccc(O)cc1. The van der Waals surface area contributed by atoms with Crippen LogP contribution in [0.15, 0.2) is 53.7 Å². The number of phenolic OH excluding ortho intramolecular Hbond substituents is 1. The van der Waals surface area contributed by atoms with Gasteiger partial charge in [-0.2, -0.15) is 0 Å².